The lowest BCUT2D eigenvalue weighted by molar-refractivity contribution is 0.903. The third-order valence-corrected chi connectivity index (χ3v) is 3.81. The van der Waals surface area contributed by atoms with Gasteiger partial charge in [-0.25, -0.2) is 0 Å². The SMILES string of the molecule is Cc1ccsc1C(C)Nc1cnns1. The van der Waals surface area contributed by atoms with Gasteiger partial charge in [-0.15, -0.1) is 16.4 Å². The average Bonchev–Trinajstić information content (AvgIpc) is 2.75. The minimum Gasteiger partial charge on any atom is -0.367 e. The van der Waals surface area contributed by atoms with Crippen LogP contribution in [0.25, 0.3) is 0 Å². The van der Waals surface area contributed by atoms with E-state index < -0.39 is 0 Å². The molecule has 0 spiro atoms. The first-order valence-corrected chi connectivity index (χ1v) is 6.00. The Morgan fingerprint density at radius 1 is 1.50 bits per heavy atom. The molecule has 1 atom stereocenters. The molecule has 0 saturated carbocycles. The van der Waals surface area contributed by atoms with Gasteiger partial charge in [0.05, 0.1) is 12.2 Å². The molecule has 0 aliphatic heterocycles. The van der Waals surface area contributed by atoms with Crippen molar-refractivity contribution in [2.75, 3.05) is 5.32 Å². The molecule has 1 N–H and O–H groups in total. The normalized spacial score (nSPS) is 12.7. The van der Waals surface area contributed by atoms with Crippen LogP contribution in [-0.4, -0.2) is 9.59 Å². The quantitative estimate of drug-likeness (QED) is 0.872. The van der Waals surface area contributed by atoms with Gasteiger partial charge >= 0.3 is 0 Å². The van der Waals surface area contributed by atoms with Gasteiger partial charge in [-0.2, -0.15) is 0 Å². The van der Waals surface area contributed by atoms with Gasteiger partial charge in [-0.1, -0.05) is 4.49 Å². The fraction of sp³-hybridized carbons (Fsp3) is 0.333. The summed E-state index contributed by atoms with van der Waals surface area (Å²) in [4.78, 5) is 1.37. The number of hydrogen-bond donors (Lipinski definition) is 1. The van der Waals surface area contributed by atoms with Gasteiger partial charge < -0.3 is 5.32 Å². The summed E-state index contributed by atoms with van der Waals surface area (Å²) in [7, 11) is 0. The van der Waals surface area contributed by atoms with Crippen LogP contribution in [0.15, 0.2) is 17.6 Å². The van der Waals surface area contributed by atoms with Gasteiger partial charge in [0.1, 0.15) is 5.00 Å². The van der Waals surface area contributed by atoms with Gasteiger partial charge in [-0.05, 0) is 30.9 Å². The van der Waals surface area contributed by atoms with Crippen LogP contribution in [0, 0.1) is 6.92 Å². The van der Waals surface area contributed by atoms with Crippen molar-refractivity contribution < 1.29 is 0 Å². The number of hydrogen-bond acceptors (Lipinski definition) is 5. The summed E-state index contributed by atoms with van der Waals surface area (Å²) in [6, 6.07) is 2.47. The van der Waals surface area contributed by atoms with Crippen molar-refractivity contribution in [1.82, 2.24) is 9.59 Å². The molecule has 2 aromatic heterocycles. The molecule has 0 aromatic carbocycles. The van der Waals surface area contributed by atoms with Crippen LogP contribution < -0.4 is 5.32 Å². The minimum atomic E-state index is 0.331. The minimum absolute atomic E-state index is 0.331. The highest BCUT2D eigenvalue weighted by Crippen LogP contribution is 2.27. The van der Waals surface area contributed by atoms with Crippen LogP contribution >= 0.6 is 22.9 Å². The van der Waals surface area contributed by atoms with E-state index in [0.717, 1.165) is 5.00 Å². The van der Waals surface area contributed by atoms with Gasteiger partial charge in [0.2, 0.25) is 0 Å². The molecular formula is C9H11N3S2. The lowest BCUT2D eigenvalue weighted by Gasteiger charge is -2.11. The van der Waals surface area contributed by atoms with E-state index >= 15 is 0 Å². The van der Waals surface area contributed by atoms with Gasteiger partial charge in [-0.3, -0.25) is 0 Å². The van der Waals surface area contributed by atoms with Crippen LogP contribution in [0.1, 0.15) is 23.4 Å². The zero-order chi connectivity index (χ0) is 9.97. The molecule has 5 heteroatoms. The van der Waals surface area contributed by atoms with Gasteiger partial charge in [0.15, 0.2) is 0 Å². The van der Waals surface area contributed by atoms with Crippen LogP contribution in [0.4, 0.5) is 5.00 Å². The molecule has 0 bridgehead atoms. The maximum Gasteiger partial charge on any atom is 0.130 e. The zero-order valence-electron chi connectivity index (χ0n) is 8.02. The molecule has 1 unspecified atom stereocenters. The summed E-state index contributed by atoms with van der Waals surface area (Å²) >= 11 is 3.17. The van der Waals surface area contributed by atoms with Gasteiger partial charge in [0.25, 0.3) is 0 Å². The number of nitrogens with zero attached hydrogens (tertiary/aromatic N) is 2. The molecule has 0 amide bonds. The second-order valence-corrected chi connectivity index (χ2v) is 4.85. The fourth-order valence-corrected chi connectivity index (χ4v) is 2.78. The second kappa shape index (κ2) is 4.06. The van der Waals surface area contributed by atoms with Crippen LogP contribution in [0.2, 0.25) is 0 Å². The van der Waals surface area contributed by atoms with E-state index in [9.17, 15) is 0 Å². The van der Waals surface area contributed by atoms with E-state index in [4.69, 9.17) is 0 Å². The average molecular weight is 225 g/mol. The number of thiophene rings is 1. The van der Waals surface area contributed by atoms with Crippen LogP contribution in [-0.2, 0) is 0 Å². The standard InChI is InChI=1S/C9H11N3S2/c1-6-3-4-13-9(6)7(2)11-8-5-10-12-14-8/h3-5,7,11H,1-2H3. The van der Waals surface area contributed by atoms with E-state index in [1.807, 2.05) is 0 Å². The zero-order valence-corrected chi connectivity index (χ0v) is 9.65. The third-order valence-electron chi connectivity index (χ3n) is 2.02. The molecule has 74 valence electrons. The summed E-state index contributed by atoms with van der Waals surface area (Å²) in [6.45, 7) is 4.29. The number of aryl methyl sites for hydroxylation is 1. The first-order valence-electron chi connectivity index (χ1n) is 4.35. The Hall–Kier alpha value is -0.940. The maximum absolute atomic E-state index is 3.81. The molecule has 2 rings (SSSR count). The number of nitrogens with one attached hydrogen (secondary N) is 1. The van der Waals surface area contributed by atoms with E-state index in [0.29, 0.717) is 6.04 Å². The van der Waals surface area contributed by atoms with Crippen molar-refractivity contribution >= 4 is 27.9 Å². The fourth-order valence-electron chi connectivity index (χ4n) is 1.34. The van der Waals surface area contributed by atoms with Crippen molar-refractivity contribution in [3.63, 3.8) is 0 Å². The Morgan fingerprint density at radius 3 is 2.93 bits per heavy atom. The van der Waals surface area contributed by atoms with E-state index in [1.165, 1.54) is 22.0 Å². The highest BCUT2D eigenvalue weighted by molar-refractivity contribution is 7.10. The molecule has 3 nitrogen and oxygen atoms in total. The highest BCUT2D eigenvalue weighted by Gasteiger charge is 2.10. The topological polar surface area (TPSA) is 37.8 Å². The summed E-state index contributed by atoms with van der Waals surface area (Å²) < 4.78 is 3.81. The predicted octanol–water partition coefficient (Wildman–Crippen LogP) is 3.08. The van der Waals surface area contributed by atoms with Crippen molar-refractivity contribution in [2.45, 2.75) is 19.9 Å². The van der Waals surface area contributed by atoms with Gasteiger partial charge in [0, 0.05) is 16.4 Å². The molecule has 0 aliphatic carbocycles. The number of rotatable bonds is 3. The Kier molecular flexibility index (Phi) is 2.79. The summed E-state index contributed by atoms with van der Waals surface area (Å²) in [5.41, 5.74) is 1.34. The monoisotopic (exact) mass is 225 g/mol. The van der Waals surface area contributed by atoms with Crippen LogP contribution in [0.5, 0.6) is 0 Å². The molecule has 0 aliphatic rings. The molecule has 2 aromatic rings. The summed E-state index contributed by atoms with van der Waals surface area (Å²) in [6.07, 6.45) is 1.75. The number of aromatic nitrogens is 2. The molecule has 14 heavy (non-hydrogen) atoms. The molecule has 0 radical (unpaired) electrons. The highest BCUT2D eigenvalue weighted by atomic mass is 32.1. The Balaban J connectivity index is 2.10. The van der Waals surface area contributed by atoms with Crippen molar-refractivity contribution in [3.8, 4) is 0 Å². The second-order valence-electron chi connectivity index (χ2n) is 3.12. The third kappa shape index (κ3) is 1.93. The first-order chi connectivity index (χ1) is 6.77. The lowest BCUT2D eigenvalue weighted by Crippen LogP contribution is -2.04. The van der Waals surface area contributed by atoms with Crippen molar-refractivity contribution in [3.05, 3.63) is 28.1 Å². The van der Waals surface area contributed by atoms with Crippen molar-refractivity contribution in [1.29, 1.82) is 0 Å². The van der Waals surface area contributed by atoms with Crippen molar-refractivity contribution in [2.24, 2.45) is 0 Å². The predicted molar refractivity (Wildman–Crippen MR) is 61.0 cm³/mol. The Morgan fingerprint density at radius 2 is 2.36 bits per heavy atom. The Labute approximate surface area is 91.0 Å². The Bertz CT molecular complexity index is 394. The van der Waals surface area contributed by atoms with E-state index in [1.54, 1.807) is 17.5 Å². The molecular weight excluding hydrogens is 214 g/mol. The van der Waals surface area contributed by atoms with Crippen LogP contribution in [0.3, 0.4) is 0 Å². The largest absolute Gasteiger partial charge is 0.367 e. The van der Waals surface area contributed by atoms with E-state index in [-0.39, 0.29) is 0 Å². The molecule has 0 fully saturated rings. The lowest BCUT2D eigenvalue weighted by atomic mass is 10.2. The smallest absolute Gasteiger partial charge is 0.130 e. The summed E-state index contributed by atoms with van der Waals surface area (Å²) in [5.74, 6) is 0. The molecule has 2 heterocycles. The van der Waals surface area contributed by atoms with E-state index in [2.05, 4.69) is 40.2 Å². The first kappa shape index (κ1) is 9.61. The molecule has 0 saturated heterocycles. The maximum atomic E-state index is 3.81. The summed E-state index contributed by atoms with van der Waals surface area (Å²) in [5, 5.41) is 10.3. The number of anilines is 1.